The molecule has 0 spiro atoms. The Balaban J connectivity index is 1.93. The number of nitrogen functional groups attached to an aromatic ring is 1. The van der Waals surface area contributed by atoms with Crippen LogP contribution in [-0.2, 0) is 6.54 Å². The van der Waals surface area contributed by atoms with Crippen molar-refractivity contribution in [2.45, 2.75) is 25.4 Å². The highest BCUT2D eigenvalue weighted by atomic mass is 16.4. The molecule has 0 unspecified atom stereocenters. The molecule has 0 aliphatic carbocycles. The first-order valence-electron chi connectivity index (χ1n) is 6.37. The van der Waals surface area contributed by atoms with E-state index in [4.69, 9.17) is 10.8 Å². The lowest BCUT2D eigenvalue weighted by Crippen LogP contribution is -2.37. The maximum atomic E-state index is 11.2. The van der Waals surface area contributed by atoms with Gasteiger partial charge in [0.15, 0.2) is 0 Å². The van der Waals surface area contributed by atoms with Crippen LogP contribution in [0, 0.1) is 0 Å². The van der Waals surface area contributed by atoms with Crippen molar-refractivity contribution in [3.05, 3.63) is 24.3 Å². The van der Waals surface area contributed by atoms with E-state index in [0.717, 1.165) is 23.9 Å². The van der Waals surface area contributed by atoms with Gasteiger partial charge >= 0.3 is 6.09 Å². The summed E-state index contributed by atoms with van der Waals surface area (Å²) in [6.07, 6.45) is 0.923. The fourth-order valence-electron chi connectivity index (χ4n) is 2.77. The Kier molecular flexibility index (Phi) is 2.77. The summed E-state index contributed by atoms with van der Waals surface area (Å²) in [5, 5.41) is 9.16. The van der Waals surface area contributed by atoms with Gasteiger partial charge in [-0.15, -0.1) is 0 Å². The Morgan fingerprint density at radius 3 is 3.05 bits per heavy atom. The van der Waals surface area contributed by atoms with Crippen LogP contribution in [0.1, 0.15) is 12.8 Å². The quantitative estimate of drug-likeness (QED) is 0.861. The van der Waals surface area contributed by atoms with Gasteiger partial charge in [0.25, 0.3) is 0 Å². The molecular weight excluding hydrogens is 244 g/mol. The number of nitrogens with zero attached hydrogens (tertiary/aromatic N) is 3. The molecule has 0 bridgehead atoms. The van der Waals surface area contributed by atoms with E-state index in [1.54, 1.807) is 0 Å². The molecule has 0 radical (unpaired) electrons. The van der Waals surface area contributed by atoms with Crippen molar-refractivity contribution in [1.29, 1.82) is 0 Å². The van der Waals surface area contributed by atoms with Crippen LogP contribution in [0.5, 0.6) is 0 Å². The van der Waals surface area contributed by atoms with Crippen LogP contribution in [0.3, 0.4) is 0 Å². The molecule has 1 fully saturated rings. The molecule has 2 heterocycles. The minimum atomic E-state index is -0.856. The fraction of sp³-hybridized carbons (Fsp3) is 0.385. The highest BCUT2D eigenvalue weighted by Gasteiger charge is 2.29. The average molecular weight is 260 g/mol. The Bertz CT molecular complexity index is 622. The molecular formula is C13H16N4O2. The molecule has 1 saturated heterocycles. The number of hydrogen-bond donors (Lipinski definition) is 2. The number of nitrogens with two attached hydrogens (primary N) is 1. The maximum Gasteiger partial charge on any atom is 0.407 e. The number of benzene rings is 1. The van der Waals surface area contributed by atoms with Crippen molar-refractivity contribution < 1.29 is 9.90 Å². The van der Waals surface area contributed by atoms with E-state index in [1.807, 2.05) is 28.8 Å². The Morgan fingerprint density at radius 2 is 2.26 bits per heavy atom. The normalized spacial score (nSPS) is 19.2. The second-order valence-corrected chi connectivity index (χ2v) is 4.84. The molecule has 1 atom stereocenters. The van der Waals surface area contributed by atoms with Gasteiger partial charge in [-0.25, -0.2) is 9.78 Å². The number of fused-ring (bicyclic) bond motifs is 1. The number of hydrogen-bond acceptors (Lipinski definition) is 3. The van der Waals surface area contributed by atoms with Crippen LogP contribution >= 0.6 is 0 Å². The smallest absolute Gasteiger partial charge is 0.407 e. The third-order valence-electron chi connectivity index (χ3n) is 3.70. The van der Waals surface area contributed by atoms with E-state index < -0.39 is 6.09 Å². The summed E-state index contributed by atoms with van der Waals surface area (Å²) in [6.45, 7) is 1.17. The van der Waals surface area contributed by atoms with E-state index in [1.165, 1.54) is 4.90 Å². The van der Waals surface area contributed by atoms with E-state index in [0.29, 0.717) is 19.0 Å². The zero-order valence-electron chi connectivity index (χ0n) is 10.5. The standard InChI is InChI=1S/C13H16N4O2/c14-12-15-10-5-1-2-6-11(10)17(12)8-9-4-3-7-16(9)13(18)19/h1-2,5-6,9H,3-4,7-8H2,(H2,14,15)(H,18,19)/t9-/m1/s1. The molecule has 1 aliphatic heterocycles. The van der Waals surface area contributed by atoms with Crippen molar-refractivity contribution in [2.75, 3.05) is 12.3 Å². The zero-order chi connectivity index (χ0) is 13.4. The average Bonchev–Trinajstić information content (AvgIpc) is 2.96. The topological polar surface area (TPSA) is 84.4 Å². The van der Waals surface area contributed by atoms with Gasteiger partial charge in [0, 0.05) is 13.1 Å². The van der Waals surface area contributed by atoms with Crippen molar-refractivity contribution in [1.82, 2.24) is 14.5 Å². The molecule has 3 rings (SSSR count). The minimum Gasteiger partial charge on any atom is -0.465 e. The summed E-state index contributed by atoms with van der Waals surface area (Å²) in [4.78, 5) is 17.0. The van der Waals surface area contributed by atoms with Crippen molar-refractivity contribution in [3.63, 3.8) is 0 Å². The second kappa shape index (κ2) is 4.46. The van der Waals surface area contributed by atoms with Gasteiger partial charge in [-0.1, -0.05) is 12.1 Å². The molecule has 1 aliphatic rings. The van der Waals surface area contributed by atoms with Crippen molar-refractivity contribution in [3.8, 4) is 0 Å². The number of amides is 1. The lowest BCUT2D eigenvalue weighted by molar-refractivity contribution is 0.136. The van der Waals surface area contributed by atoms with Crippen molar-refractivity contribution >= 4 is 23.1 Å². The molecule has 100 valence electrons. The van der Waals surface area contributed by atoms with Gasteiger partial charge in [-0.3, -0.25) is 0 Å². The van der Waals surface area contributed by atoms with Gasteiger partial charge in [0.2, 0.25) is 5.95 Å². The summed E-state index contributed by atoms with van der Waals surface area (Å²) < 4.78 is 1.90. The number of imidazole rings is 1. The molecule has 6 heteroatoms. The lowest BCUT2D eigenvalue weighted by Gasteiger charge is -2.22. The number of carboxylic acid groups (broad SMARTS) is 1. The third-order valence-corrected chi connectivity index (χ3v) is 3.70. The van der Waals surface area contributed by atoms with E-state index >= 15 is 0 Å². The van der Waals surface area contributed by atoms with Gasteiger partial charge in [0.05, 0.1) is 17.1 Å². The maximum absolute atomic E-state index is 11.2. The van der Waals surface area contributed by atoms with Crippen LogP contribution in [0.15, 0.2) is 24.3 Å². The number of para-hydroxylation sites is 2. The first kappa shape index (κ1) is 11.8. The minimum absolute atomic E-state index is 0.0163. The molecule has 19 heavy (non-hydrogen) atoms. The molecule has 6 nitrogen and oxygen atoms in total. The number of likely N-dealkylation sites (tertiary alicyclic amines) is 1. The van der Waals surface area contributed by atoms with E-state index in [2.05, 4.69) is 4.98 Å². The molecule has 2 aromatic rings. The Hall–Kier alpha value is -2.24. The molecule has 0 saturated carbocycles. The zero-order valence-corrected chi connectivity index (χ0v) is 10.5. The third kappa shape index (κ3) is 1.99. The highest BCUT2D eigenvalue weighted by molar-refractivity contribution is 5.78. The first-order valence-corrected chi connectivity index (χ1v) is 6.37. The number of carbonyl (C=O) groups is 1. The monoisotopic (exact) mass is 260 g/mol. The predicted molar refractivity (Wildman–Crippen MR) is 71.9 cm³/mol. The van der Waals surface area contributed by atoms with Crippen LogP contribution in [0.4, 0.5) is 10.7 Å². The van der Waals surface area contributed by atoms with Crippen LogP contribution in [-0.4, -0.2) is 38.2 Å². The molecule has 1 aromatic carbocycles. The van der Waals surface area contributed by atoms with Gasteiger partial charge in [-0.05, 0) is 25.0 Å². The summed E-state index contributed by atoms with van der Waals surface area (Å²) in [5.74, 6) is 0.443. The predicted octanol–water partition coefficient (Wildman–Crippen LogP) is 1.76. The van der Waals surface area contributed by atoms with Crippen molar-refractivity contribution in [2.24, 2.45) is 0 Å². The first-order chi connectivity index (χ1) is 9.16. The van der Waals surface area contributed by atoms with E-state index in [9.17, 15) is 4.79 Å². The highest BCUT2D eigenvalue weighted by Crippen LogP contribution is 2.23. The molecule has 3 N–H and O–H groups in total. The summed E-state index contributed by atoms with van der Waals surface area (Å²) >= 11 is 0. The molecule has 1 amide bonds. The SMILES string of the molecule is Nc1nc2ccccc2n1C[C@H]1CCCN1C(=O)O. The van der Waals surface area contributed by atoms with Gasteiger partial charge in [0.1, 0.15) is 0 Å². The Labute approximate surface area is 110 Å². The van der Waals surface area contributed by atoms with E-state index in [-0.39, 0.29) is 6.04 Å². The van der Waals surface area contributed by atoms with Gasteiger partial charge in [-0.2, -0.15) is 0 Å². The Morgan fingerprint density at radius 1 is 1.47 bits per heavy atom. The van der Waals surface area contributed by atoms with Crippen LogP contribution < -0.4 is 5.73 Å². The van der Waals surface area contributed by atoms with Crippen LogP contribution in [0.25, 0.3) is 11.0 Å². The molecule has 1 aromatic heterocycles. The summed E-state index contributed by atoms with van der Waals surface area (Å²) in [6, 6.07) is 7.70. The number of rotatable bonds is 2. The second-order valence-electron chi connectivity index (χ2n) is 4.84. The lowest BCUT2D eigenvalue weighted by atomic mass is 10.2. The van der Waals surface area contributed by atoms with Crippen LogP contribution in [0.2, 0.25) is 0 Å². The summed E-state index contributed by atoms with van der Waals surface area (Å²) in [7, 11) is 0. The summed E-state index contributed by atoms with van der Waals surface area (Å²) in [5.41, 5.74) is 7.74. The number of anilines is 1. The number of aromatic nitrogens is 2. The van der Waals surface area contributed by atoms with Gasteiger partial charge < -0.3 is 20.3 Å². The fourth-order valence-corrected chi connectivity index (χ4v) is 2.77. The largest absolute Gasteiger partial charge is 0.465 e.